The number of benzene rings is 2. The summed E-state index contributed by atoms with van der Waals surface area (Å²) in [6.07, 6.45) is 0. The van der Waals surface area contributed by atoms with Crippen LogP contribution in [0.4, 0.5) is 4.39 Å². The Labute approximate surface area is 150 Å². The molecular weight excluding hydrogens is 371 g/mol. The summed E-state index contributed by atoms with van der Waals surface area (Å²) in [6.45, 7) is 6.11. The molecule has 2 aromatic rings. The van der Waals surface area contributed by atoms with Gasteiger partial charge in [-0.15, -0.1) is 0 Å². The third-order valence-electron chi connectivity index (χ3n) is 4.48. The number of aryl methyl sites for hydroxylation is 1. The average Bonchev–Trinajstić information content (AvgIpc) is 2.57. The summed E-state index contributed by atoms with van der Waals surface area (Å²) in [5.74, 6) is -0.390. The van der Waals surface area contributed by atoms with E-state index in [1.165, 1.54) is 23.3 Å². The molecule has 3 rings (SSSR count). The first-order chi connectivity index (χ1) is 11.5. The third-order valence-corrected chi connectivity index (χ3v) is 5.13. The Hall–Kier alpha value is -1.72. The summed E-state index contributed by atoms with van der Waals surface area (Å²) in [6, 6.07) is 12.6. The maximum absolute atomic E-state index is 13.2. The number of hydrogen-bond acceptors (Lipinski definition) is 2. The van der Waals surface area contributed by atoms with E-state index >= 15 is 0 Å². The van der Waals surface area contributed by atoms with Gasteiger partial charge in [-0.3, -0.25) is 9.69 Å². The van der Waals surface area contributed by atoms with Crippen LogP contribution in [-0.2, 0) is 6.54 Å². The fourth-order valence-electron chi connectivity index (χ4n) is 2.97. The van der Waals surface area contributed by atoms with Gasteiger partial charge in [-0.25, -0.2) is 4.39 Å². The second-order valence-corrected chi connectivity index (χ2v) is 6.97. The Bertz CT molecular complexity index is 742. The van der Waals surface area contributed by atoms with Crippen LogP contribution in [0.3, 0.4) is 0 Å². The predicted molar refractivity (Wildman–Crippen MR) is 96.5 cm³/mol. The summed E-state index contributed by atoms with van der Waals surface area (Å²) in [4.78, 5) is 16.8. The van der Waals surface area contributed by atoms with Crippen molar-refractivity contribution in [2.24, 2.45) is 0 Å². The van der Waals surface area contributed by atoms with Gasteiger partial charge in [0.2, 0.25) is 0 Å². The molecule has 0 radical (unpaired) electrons. The van der Waals surface area contributed by atoms with Crippen LogP contribution in [0.1, 0.15) is 21.5 Å². The van der Waals surface area contributed by atoms with E-state index in [0.29, 0.717) is 23.1 Å². The van der Waals surface area contributed by atoms with E-state index in [1.807, 2.05) is 4.90 Å². The topological polar surface area (TPSA) is 23.6 Å². The van der Waals surface area contributed by atoms with Gasteiger partial charge in [0.15, 0.2) is 0 Å². The number of carbonyl (C=O) groups is 1. The molecule has 24 heavy (non-hydrogen) atoms. The van der Waals surface area contributed by atoms with Crippen LogP contribution in [0.5, 0.6) is 0 Å². The third kappa shape index (κ3) is 3.84. The van der Waals surface area contributed by atoms with Gasteiger partial charge in [-0.05, 0) is 52.2 Å². The lowest BCUT2D eigenvalue weighted by atomic mass is 10.1. The van der Waals surface area contributed by atoms with E-state index in [2.05, 4.69) is 52.0 Å². The first-order valence-electron chi connectivity index (χ1n) is 8.06. The number of hydrogen-bond donors (Lipinski definition) is 0. The van der Waals surface area contributed by atoms with Gasteiger partial charge in [0.1, 0.15) is 5.82 Å². The molecule has 0 bridgehead atoms. The van der Waals surface area contributed by atoms with E-state index < -0.39 is 0 Å². The van der Waals surface area contributed by atoms with E-state index in [9.17, 15) is 9.18 Å². The summed E-state index contributed by atoms with van der Waals surface area (Å²) in [5, 5.41) is 0. The average molecular weight is 391 g/mol. The van der Waals surface area contributed by atoms with Crippen LogP contribution < -0.4 is 0 Å². The van der Waals surface area contributed by atoms with Gasteiger partial charge in [0, 0.05) is 37.2 Å². The Balaban J connectivity index is 1.60. The normalized spacial score (nSPS) is 15.5. The Morgan fingerprint density at radius 2 is 1.83 bits per heavy atom. The molecule has 3 nitrogen and oxygen atoms in total. The number of carbonyl (C=O) groups excluding carboxylic acids is 1. The van der Waals surface area contributed by atoms with Crippen molar-refractivity contribution >= 4 is 21.8 Å². The highest BCUT2D eigenvalue weighted by Crippen LogP contribution is 2.21. The Morgan fingerprint density at radius 1 is 1.12 bits per heavy atom. The second kappa shape index (κ2) is 7.45. The molecule has 0 atom stereocenters. The number of piperazine rings is 1. The lowest BCUT2D eigenvalue weighted by Crippen LogP contribution is -2.48. The Morgan fingerprint density at radius 3 is 2.50 bits per heavy atom. The van der Waals surface area contributed by atoms with Crippen molar-refractivity contribution in [2.45, 2.75) is 13.5 Å². The molecule has 1 saturated heterocycles. The van der Waals surface area contributed by atoms with Crippen LogP contribution in [0, 0.1) is 12.7 Å². The van der Waals surface area contributed by atoms with Crippen LogP contribution in [0.25, 0.3) is 0 Å². The van der Waals surface area contributed by atoms with E-state index in [0.717, 1.165) is 19.6 Å². The molecule has 0 spiro atoms. The molecule has 1 fully saturated rings. The molecule has 126 valence electrons. The largest absolute Gasteiger partial charge is 0.336 e. The van der Waals surface area contributed by atoms with Crippen LogP contribution >= 0.6 is 15.9 Å². The van der Waals surface area contributed by atoms with E-state index in [-0.39, 0.29) is 11.7 Å². The number of rotatable bonds is 3. The van der Waals surface area contributed by atoms with Gasteiger partial charge in [-0.1, -0.05) is 24.3 Å². The summed E-state index contributed by atoms with van der Waals surface area (Å²) < 4.78 is 13.7. The van der Waals surface area contributed by atoms with Crippen molar-refractivity contribution in [3.05, 3.63) is 69.4 Å². The zero-order chi connectivity index (χ0) is 17.1. The Kier molecular flexibility index (Phi) is 5.31. The molecule has 1 aliphatic rings. The zero-order valence-corrected chi connectivity index (χ0v) is 15.2. The molecule has 0 N–H and O–H groups in total. The van der Waals surface area contributed by atoms with Crippen LogP contribution in [0.15, 0.2) is 46.9 Å². The monoisotopic (exact) mass is 390 g/mol. The van der Waals surface area contributed by atoms with Crippen LogP contribution in [0.2, 0.25) is 0 Å². The van der Waals surface area contributed by atoms with Crippen molar-refractivity contribution < 1.29 is 9.18 Å². The predicted octanol–water partition coefficient (Wildman–Crippen LogP) is 3.85. The molecule has 1 amide bonds. The summed E-state index contributed by atoms with van der Waals surface area (Å²) >= 11 is 3.28. The quantitative estimate of drug-likeness (QED) is 0.794. The maximum atomic E-state index is 13.2. The van der Waals surface area contributed by atoms with E-state index in [1.54, 1.807) is 6.07 Å². The SMILES string of the molecule is Cc1ccccc1CN1CCN(C(=O)c2ccc(F)cc2Br)CC1. The first kappa shape index (κ1) is 17.1. The van der Waals surface area contributed by atoms with Crippen molar-refractivity contribution in [1.29, 1.82) is 0 Å². The van der Waals surface area contributed by atoms with Crippen molar-refractivity contribution in [3.8, 4) is 0 Å². The number of nitrogens with zero attached hydrogens (tertiary/aromatic N) is 2. The van der Waals surface area contributed by atoms with Crippen molar-refractivity contribution in [2.75, 3.05) is 26.2 Å². The lowest BCUT2D eigenvalue weighted by Gasteiger charge is -2.35. The molecule has 1 heterocycles. The number of amides is 1. The minimum Gasteiger partial charge on any atom is -0.336 e. The fraction of sp³-hybridized carbons (Fsp3) is 0.316. The molecule has 5 heteroatoms. The standard InChI is InChI=1S/C19H20BrFN2O/c1-14-4-2-3-5-15(14)13-22-8-10-23(11-9-22)19(24)17-7-6-16(21)12-18(17)20/h2-7,12H,8-11,13H2,1H3. The molecule has 0 aromatic heterocycles. The zero-order valence-electron chi connectivity index (χ0n) is 13.6. The fourth-order valence-corrected chi connectivity index (χ4v) is 3.49. The molecule has 2 aromatic carbocycles. The highest BCUT2D eigenvalue weighted by Gasteiger charge is 2.23. The second-order valence-electron chi connectivity index (χ2n) is 6.12. The molecule has 0 unspecified atom stereocenters. The van der Waals surface area contributed by atoms with Gasteiger partial charge in [0.05, 0.1) is 5.56 Å². The van der Waals surface area contributed by atoms with Gasteiger partial charge < -0.3 is 4.90 Å². The smallest absolute Gasteiger partial charge is 0.255 e. The highest BCUT2D eigenvalue weighted by molar-refractivity contribution is 9.10. The maximum Gasteiger partial charge on any atom is 0.255 e. The molecule has 0 aliphatic carbocycles. The van der Waals surface area contributed by atoms with Crippen molar-refractivity contribution in [1.82, 2.24) is 9.80 Å². The molecular formula is C19H20BrFN2O. The van der Waals surface area contributed by atoms with Crippen LogP contribution in [-0.4, -0.2) is 41.9 Å². The van der Waals surface area contributed by atoms with Crippen molar-refractivity contribution in [3.63, 3.8) is 0 Å². The lowest BCUT2D eigenvalue weighted by molar-refractivity contribution is 0.0627. The van der Waals surface area contributed by atoms with E-state index in [4.69, 9.17) is 0 Å². The number of halogens is 2. The summed E-state index contributed by atoms with van der Waals surface area (Å²) in [5.41, 5.74) is 3.15. The van der Waals surface area contributed by atoms with Gasteiger partial charge >= 0.3 is 0 Å². The minimum absolute atomic E-state index is 0.0441. The first-order valence-corrected chi connectivity index (χ1v) is 8.85. The highest BCUT2D eigenvalue weighted by atomic mass is 79.9. The summed E-state index contributed by atoms with van der Waals surface area (Å²) in [7, 11) is 0. The van der Waals surface area contributed by atoms with Gasteiger partial charge in [0.25, 0.3) is 5.91 Å². The van der Waals surface area contributed by atoms with Gasteiger partial charge in [-0.2, -0.15) is 0 Å². The minimum atomic E-state index is -0.346. The molecule has 1 aliphatic heterocycles. The molecule has 0 saturated carbocycles.